The highest BCUT2D eigenvalue weighted by Crippen LogP contribution is 2.50. The van der Waals surface area contributed by atoms with E-state index in [1.54, 1.807) is 37.3 Å². The third-order valence-electron chi connectivity index (χ3n) is 7.78. The number of phenols is 1. The highest BCUT2D eigenvalue weighted by atomic mass is 16.7. The molecule has 0 saturated carbocycles. The second-order valence-electron chi connectivity index (χ2n) is 10.3. The van der Waals surface area contributed by atoms with E-state index in [4.69, 9.17) is 9.47 Å². The Morgan fingerprint density at radius 3 is 2.53 bits per heavy atom. The number of cyclic esters (lactones) is 1. The van der Waals surface area contributed by atoms with Crippen molar-refractivity contribution in [2.45, 2.75) is 57.8 Å². The van der Waals surface area contributed by atoms with Crippen molar-refractivity contribution in [3.8, 4) is 5.75 Å². The fourth-order valence-electron chi connectivity index (χ4n) is 5.70. The summed E-state index contributed by atoms with van der Waals surface area (Å²) in [6.45, 7) is 7.06. The van der Waals surface area contributed by atoms with Crippen LogP contribution in [0.4, 0.5) is 4.79 Å². The Labute approximate surface area is 210 Å². The fraction of sp³-hybridized carbons (Fsp3) is 0.464. The predicted octanol–water partition coefficient (Wildman–Crippen LogP) is 3.58. The first kappa shape index (κ1) is 25.7. The number of nitrogens with one attached hydrogen (secondary N) is 1. The summed E-state index contributed by atoms with van der Waals surface area (Å²) in [5.41, 5.74) is -1.39. The SMILES string of the molecule is CC1=C[C@@H]2/C=C/C[C@H](C)C(=O)[C@](C)(O)/C=C\OC(=O)O[C@]23C(=O)N[C@@H](Cc2ccc(O)cc2)[C@@H]3[C@@H]1C. The van der Waals surface area contributed by atoms with Gasteiger partial charge < -0.3 is 25.0 Å². The van der Waals surface area contributed by atoms with Crippen LogP contribution in [0.2, 0.25) is 0 Å². The van der Waals surface area contributed by atoms with Crippen LogP contribution in [0.25, 0.3) is 0 Å². The molecule has 2 heterocycles. The third kappa shape index (κ3) is 4.57. The van der Waals surface area contributed by atoms with Crippen LogP contribution in [-0.2, 0) is 25.5 Å². The van der Waals surface area contributed by atoms with Crippen molar-refractivity contribution >= 4 is 17.8 Å². The molecule has 8 heteroatoms. The number of ketones is 1. The summed E-state index contributed by atoms with van der Waals surface area (Å²) in [4.78, 5) is 39.2. The smallest absolute Gasteiger partial charge is 0.508 e. The van der Waals surface area contributed by atoms with Crippen molar-refractivity contribution in [2.24, 2.45) is 23.7 Å². The van der Waals surface area contributed by atoms with E-state index in [0.29, 0.717) is 12.8 Å². The summed E-state index contributed by atoms with van der Waals surface area (Å²) in [5, 5.41) is 23.2. The lowest BCUT2D eigenvalue weighted by Crippen LogP contribution is -2.56. The number of benzene rings is 1. The number of Topliss-reactive ketones (excluding diaryl/α,β-unsaturated/α-hetero) is 1. The fourth-order valence-corrected chi connectivity index (χ4v) is 5.70. The van der Waals surface area contributed by atoms with Crippen LogP contribution in [0.3, 0.4) is 0 Å². The zero-order valence-electron chi connectivity index (χ0n) is 20.9. The average Bonchev–Trinajstić information content (AvgIpc) is 3.09. The zero-order valence-corrected chi connectivity index (χ0v) is 20.9. The van der Waals surface area contributed by atoms with Crippen molar-refractivity contribution in [2.75, 3.05) is 0 Å². The van der Waals surface area contributed by atoms with Gasteiger partial charge in [0.15, 0.2) is 5.78 Å². The quantitative estimate of drug-likeness (QED) is 0.423. The Balaban J connectivity index is 1.76. The number of ether oxygens (including phenoxy) is 2. The van der Waals surface area contributed by atoms with Crippen LogP contribution in [-0.4, -0.2) is 45.3 Å². The molecule has 7 atom stereocenters. The van der Waals surface area contributed by atoms with Crippen molar-refractivity contribution in [1.82, 2.24) is 5.32 Å². The standard InChI is InChI=1S/C28H33NO7/c1-16-6-5-7-20-14-17(2)18(3)23-22(15-19-8-10-21(30)11-9-19)29-25(32)28(20,23)36-26(33)35-13-12-27(4,34)24(16)31/h5,7-14,16,18,20,22-23,30,34H,6,15H2,1-4H3,(H,29,32)/b7-5+,13-12-/t16-,18+,20-,22-,23-,27+,28+/m0/s1. The third-order valence-corrected chi connectivity index (χ3v) is 7.78. The van der Waals surface area contributed by atoms with E-state index in [1.165, 1.54) is 6.92 Å². The summed E-state index contributed by atoms with van der Waals surface area (Å²) in [6, 6.07) is 6.46. The van der Waals surface area contributed by atoms with Gasteiger partial charge in [-0.05, 0) is 56.4 Å². The number of aromatic hydroxyl groups is 1. The molecule has 0 aromatic heterocycles. The number of carbonyl (C=O) groups is 3. The van der Waals surface area contributed by atoms with Gasteiger partial charge in [0.25, 0.3) is 5.91 Å². The van der Waals surface area contributed by atoms with Gasteiger partial charge in [-0.3, -0.25) is 9.59 Å². The highest BCUT2D eigenvalue weighted by Gasteiger charge is 2.64. The number of aliphatic hydroxyl groups is 1. The monoisotopic (exact) mass is 495 g/mol. The van der Waals surface area contributed by atoms with E-state index in [1.807, 2.05) is 26.0 Å². The van der Waals surface area contributed by atoms with Gasteiger partial charge in [0.1, 0.15) is 11.4 Å². The molecule has 3 aliphatic rings. The number of phenolic OH excluding ortho intramolecular Hbond substituents is 1. The van der Waals surface area contributed by atoms with E-state index in [-0.39, 0.29) is 17.7 Å². The Kier molecular flexibility index (Phi) is 6.84. The minimum Gasteiger partial charge on any atom is -0.508 e. The maximum Gasteiger partial charge on any atom is 0.514 e. The molecular weight excluding hydrogens is 462 g/mol. The lowest BCUT2D eigenvalue weighted by molar-refractivity contribution is -0.147. The number of carbonyl (C=O) groups excluding carboxylic acids is 3. The second-order valence-corrected chi connectivity index (χ2v) is 10.3. The number of rotatable bonds is 2. The van der Waals surface area contributed by atoms with E-state index >= 15 is 0 Å². The maximum atomic E-state index is 13.7. The number of allylic oxidation sites excluding steroid dienone is 2. The molecule has 192 valence electrons. The van der Waals surface area contributed by atoms with Crippen molar-refractivity contribution < 1.29 is 34.1 Å². The van der Waals surface area contributed by atoms with Crippen molar-refractivity contribution in [3.63, 3.8) is 0 Å². The molecular formula is C28H33NO7. The molecule has 4 rings (SSSR count). The first-order valence-electron chi connectivity index (χ1n) is 12.2. The van der Waals surface area contributed by atoms with E-state index in [0.717, 1.165) is 23.5 Å². The molecule has 1 aliphatic carbocycles. The summed E-state index contributed by atoms with van der Waals surface area (Å²) in [6.07, 6.45) is 7.33. The van der Waals surface area contributed by atoms with Crippen LogP contribution in [0.15, 0.2) is 60.4 Å². The summed E-state index contributed by atoms with van der Waals surface area (Å²) >= 11 is 0. The summed E-state index contributed by atoms with van der Waals surface area (Å²) in [5.74, 6) is -2.24. The molecule has 8 nitrogen and oxygen atoms in total. The van der Waals surface area contributed by atoms with Gasteiger partial charge in [0.2, 0.25) is 5.60 Å². The van der Waals surface area contributed by atoms with E-state index in [2.05, 4.69) is 5.32 Å². The minimum absolute atomic E-state index is 0.0871. The molecule has 1 spiro atoms. The molecule has 1 aromatic carbocycles. The van der Waals surface area contributed by atoms with Crippen molar-refractivity contribution in [1.29, 1.82) is 0 Å². The predicted molar refractivity (Wildman–Crippen MR) is 132 cm³/mol. The topological polar surface area (TPSA) is 122 Å². The molecule has 1 fully saturated rings. The minimum atomic E-state index is -1.82. The molecule has 36 heavy (non-hydrogen) atoms. The number of hydrogen-bond donors (Lipinski definition) is 3. The first-order valence-corrected chi connectivity index (χ1v) is 12.2. The average molecular weight is 496 g/mol. The molecule has 0 unspecified atom stereocenters. The summed E-state index contributed by atoms with van der Waals surface area (Å²) in [7, 11) is 0. The normalized spacial score (nSPS) is 38.5. The molecule has 0 radical (unpaired) electrons. The lowest BCUT2D eigenvalue weighted by Gasteiger charge is -2.44. The van der Waals surface area contributed by atoms with Gasteiger partial charge in [0, 0.05) is 23.8 Å². The van der Waals surface area contributed by atoms with Gasteiger partial charge in [-0.1, -0.05) is 49.8 Å². The number of hydrogen-bond acceptors (Lipinski definition) is 7. The molecule has 0 bridgehead atoms. The maximum absolute atomic E-state index is 13.7. The Bertz CT molecular complexity index is 1130. The zero-order chi connectivity index (χ0) is 26.3. The van der Waals surface area contributed by atoms with Crippen LogP contribution < -0.4 is 5.32 Å². The van der Waals surface area contributed by atoms with E-state index < -0.39 is 46.8 Å². The van der Waals surface area contributed by atoms with Gasteiger partial charge >= 0.3 is 6.16 Å². The Morgan fingerprint density at radius 1 is 1.14 bits per heavy atom. The van der Waals surface area contributed by atoms with Crippen LogP contribution in [0.1, 0.15) is 39.7 Å². The second kappa shape index (κ2) is 9.58. The highest BCUT2D eigenvalue weighted by molar-refractivity contribution is 5.92. The molecule has 1 amide bonds. The number of amides is 1. The van der Waals surface area contributed by atoms with Crippen LogP contribution in [0.5, 0.6) is 5.75 Å². The van der Waals surface area contributed by atoms with Gasteiger partial charge in [-0.25, -0.2) is 4.79 Å². The van der Waals surface area contributed by atoms with Crippen LogP contribution >= 0.6 is 0 Å². The molecule has 2 aliphatic heterocycles. The molecule has 1 saturated heterocycles. The first-order chi connectivity index (χ1) is 17.0. The molecule has 1 aromatic rings. The van der Waals surface area contributed by atoms with Gasteiger partial charge in [-0.15, -0.1) is 0 Å². The van der Waals surface area contributed by atoms with Crippen molar-refractivity contribution in [3.05, 3.63) is 66.0 Å². The van der Waals surface area contributed by atoms with Gasteiger partial charge in [-0.2, -0.15) is 0 Å². The van der Waals surface area contributed by atoms with Crippen LogP contribution in [0, 0.1) is 23.7 Å². The van der Waals surface area contributed by atoms with E-state index in [9.17, 15) is 24.6 Å². The Morgan fingerprint density at radius 2 is 1.83 bits per heavy atom. The molecule has 3 N–H and O–H groups in total. The summed E-state index contributed by atoms with van der Waals surface area (Å²) < 4.78 is 11.0. The van der Waals surface area contributed by atoms with Gasteiger partial charge in [0.05, 0.1) is 6.26 Å². The lowest BCUT2D eigenvalue weighted by atomic mass is 9.63. The Hall–Kier alpha value is -3.39. The largest absolute Gasteiger partial charge is 0.514 e.